The second kappa shape index (κ2) is 6.91. The summed E-state index contributed by atoms with van der Waals surface area (Å²) >= 11 is 0. The Bertz CT molecular complexity index is 475. The molecular formula is C16H24N2O3. The summed E-state index contributed by atoms with van der Waals surface area (Å²) in [5.74, 6) is 0.783. The molecule has 0 unspecified atom stereocenters. The summed E-state index contributed by atoms with van der Waals surface area (Å²) in [6.07, 6.45) is 1.78. The van der Waals surface area contributed by atoms with Crippen LogP contribution >= 0.6 is 0 Å². The third-order valence-electron chi connectivity index (χ3n) is 4.02. The van der Waals surface area contributed by atoms with Crippen molar-refractivity contribution in [2.24, 2.45) is 5.73 Å². The van der Waals surface area contributed by atoms with Gasteiger partial charge in [-0.05, 0) is 31.9 Å². The summed E-state index contributed by atoms with van der Waals surface area (Å²) in [6.45, 7) is 3.79. The van der Waals surface area contributed by atoms with Crippen molar-refractivity contribution in [1.29, 1.82) is 0 Å². The van der Waals surface area contributed by atoms with E-state index in [1.807, 2.05) is 31.2 Å². The predicted octanol–water partition coefficient (Wildman–Crippen LogP) is 1.34. The topological polar surface area (TPSA) is 64.8 Å². The minimum Gasteiger partial charge on any atom is -0.491 e. The highest BCUT2D eigenvalue weighted by atomic mass is 16.5. The molecule has 1 aliphatic heterocycles. The summed E-state index contributed by atoms with van der Waals surface area (Å²) in [6, 6.07) is 7.93. The molecule has 0 saturated carbocycles. The van der Waals surface area contributed by atoms with Gasteiger partial charge in [0.25, 0.3) is 0 Å². The SMILES string of the molecule is CO[C@@]1(COc2ccc(C)cc2)CCCN(C(=O)CN)C1. The van der Waals surface area contributed by atoms with Crippen LogP contribution in [0.4, 0.5) is 0 Å². The number of rotatable bonds is 5. The van der Waals surface area contributed by atoms with Gasteiger partial charge in [0.15, 0.2) is 0 Å². The molecule has 0 radical (unpaired) electrons. The van der Waals surface area contributed by atoms with Crippen LogP contribution in [-0.2, 0) is 9.53 Å². The molecule has 0 bridgehead atoms. The van der Waals surface area contributed by atoms with Crippen LogP contribution in [-0.4, -0.2) is 49.8 Å². The molecule has 1 aromatic carbocycles. The Morgan fingerprint density at radius 3 is 2.71 bits per heavy atom. The summed E-state index contributed by atoms with van der Waals surface area (Å²) in [7, 11) is 1.68. The van der Waals surface area contributed by atoms with Gasteiger partial charge in [0.05, 0.1) is 13.1 Å². The van der Waals surface area contributed by atoms with Crippen LogP contribution in [0.15, 0.2) is 24.3 Å². The van der Waals surface area contributed by atoms with E-state index in [1.54, 1.807) is 12.0 Å². The molecule has 1 aliphatic rings. The molecule has 1 aromatic rings. The Hall–Kier alpha value is -1.59. The molecule has 1 amide bonds. The lowest BCUT2D eigenvalue weighted by atomic mass is 9.93. The molecule has 0 aliphatic carbocycles. The Morgan fingerprint density at radius 2 is 2.10 bits per heavy atom. The molecule has 0 aromatic heterocycles. The van der Waals surface area contributed by atoms with E-state index in [1.165, 1.54) is 5.56 Å². The van der Waals surface area contributed by atoms with Gasteiger partial charge in [-0.25, -0.2) is 0 Å². The van der Waals surface area contributed by atoms with E-state index in [0.717, 1.165) is 25.1 Å². The standard InChI is InChI=1S/C16H24N2O3/c1-13-4-6-14(7-5-13)21-12-16(20-2)8-3-9-18(11-16)15(19)10-17/h4-7H,3,8-12,17H2,1-2H3/t16-/m0/s1. The van der Waals surface area contributed by atoms with Gasteiger partial charge < -0.3 is 20.1 Å². The number of carbonyl (C=O) groups is 1. The van der Waals surface area contributed by atoms with Gasteiger partial charge in [0.2, 0.25) is 5.91 Å². The largest absolute Gasteiger partial charge is 0.491 e. The maximum absolute atomic E-state index is 11.8. The number of methoxy groups -OCH3 is 1. The second-order valence-electron chi connectivity index (χ2n) is 5.61. The van der Waals surface area contributed by atoms with Gasteiger partial charge in [-0.15, -0.1) is 0 Å². The Kier molecular flexibility index (Phi) is 5.20. The third kappa shape index (κ3) is 3.95. The Balaban J connectivity index is 2.00. The number of likely N-dealkylation sites (tertiary alicyclic amines) is 1. The molecule has 0 spiro atoms. The Morgan fingerprint density at radius 1 is 1.38 bits per heavy atom. The van der Waals surface area contributed by atoms with Crippen molar-refractivity contribution in [3.63, 3.8) is 0 Å². The number of nitrogens with zero attached hydrogens (tertiary/aromatic N) is 1. The summed E-state index contributed by atoms with van der Waals surface area (Å²) in [5, 5.41) is 0. The van der Waals surface area contributed by atoms with E-state index >= 15 is 0 Å². The zero-order chi connectivity index (χ0) is 15.3. The van der Waals surface area contributed by atoms with Crippen LogP contribution in [0, 0.1) is 6.92 Å². The number of aryl methyl sites for hydroxylation is 1. The van der Waals surface area contributed by atoms with Crippen molar-refractivity contribution in [1.82, 2.24) is 4.90 Å². The molecule has 1 fully saturated rings. The van der Waals surface area contributed by atoms with Crippen molar-refractivity contribution in [2.75, 3.05) is 33.4 Å². The van der Waals surface area contributed by atoms with Crippen molar-refractivity contribution in [3.05, 3.63) is 29.8 Å². The van der Waals surface area contributed by atoms with Crippen molar-refractivity contribution >= 4 is 5.91 Å². The second-order valence-corrected chi connectivity index (χ2v) is 5.61. The fraction of sp³-hybridized carbons (Fsp3) is 0.562. The number of ether oxygens (including phenoxy) is 2. The lowest BCUT2D eigenvalue weighted by Crippen LogP contribution is -2.55. The fourth-order valence-corrected chi connectivity index (χ4v) is 2.63. The van der Waals surface area contributed by atoms with Gasteiger partial charge >= 0.3 is 0 Å². The number of carbonyl (C=O) groups excluding carboxylic acids is 1. The first-order valence-corrected chi connectivity index (χ1v) is 7.31. The number of amides is 1. The van der Waals surface area contributed by atoms with E-state index in [2.05, 4.69) is 0 Å². The molecule has 1 saturated heterocycles. The van der Waals surface area contributed by atoms with E-state index in [4.69, 9.17) is 15.2 Å². The predicted molar refractivity (Wildman–Crippen MR) is 81.3 cm³/mol. The van der Waals surface area contributed by atoms with Gasteiger partial charge in [0, 0.05) is 13.7 Å². The molecule has 2 N–H and O–H groups in total. The molecule has 2 rings (SSSR count). The van der Waals surface area contributed by atoms with E-state index in [0.29, 0.717) is 13.2 Å². The molecular weight excluding hydrogens is 268 g/mol. The van der Waals surface area contributed by atoms with Crippen LogP contribution in [0.1, 0.15) is 18.4 Å². The van der Waals surface area contributed by atoms with Gasteiger partial charge in [0.1, 0.15) is 18.0 Å². The average molecular weight is 292 g/mol. The van der Waals surface area contributed by atoms with Gasteiger partial charge in [-0.1, -0.05) is 17.7 Å². The maximum Gasteiger partial charge on any atom is 0.236 e. The number of piperidine rings is 1. The van der Waals surface area contributed by atoms with E-state index in [9.17, 15) is 4.79 Å². The zero-order valence-corrected chi connectivity index (χ0v) is 12.8. The fourth-order valence-electron chi connectivity index (χ4n) is 2.63. The highest BCUT2D eigenvalue weighted by molar-refractivity contribution is 5.78. The molecule has 5 heteroatoms. The number of nitrogens with two attached hydrogens (primary N) is 1. The molecule has 116 valence electrons. The first kappa shape index (κ1) is 15.8. The number of benzene rings is 1. The quantitative estimate of drug-likeness (QED) is 0.889. The molecule has 1 atom stereocenters. The number of hydrogen-bond donors (Lipinski definition) is 1. The Labute approximate surface area is 126 Å². The zero-order valence-electron chi connectivity index (χ0n) is 12.8. The van der Waals surface area contributed by atoms with Crippen molar-refractivity contribution in [2.45, 2.75) is 25.4 Å². The molecule has 5 nitrogen and oxygen atoms in total. The highest BCUT2D eigenvalue weighted by Gasteiger charge is 2.37. The first-order valence-electron chi connectivity index (χ1n) is 7.31. The highest BCUT2D eigenvalue weighted by Crippen LogP contribution is 2.26. The summed E-state index contributed by atoms with van der Waals surface area (Å²) < 4.78 is 11.6. The maximum atomic E-state index is 11.8. The van der Waals surface area contributed by atoms with Crippen molar-refractivity contribution in [3.8, 4) is 5.75 Å². The van der Waals surface area contributed by atoms with Crippen LogP contribution in [0.5, 0.6) is 5.75 Å². The normalized spacial score (nSPS) is 22.1. The van der Waals surface area contributed by atoms with Gasteiger partial charge in [-0.2, -0.15) is 0 Å². The summed E-state index contributed by atoms with van der Waals surface area (Å²) in [5.41, 5.74) is 6.19. The average Bonchev–Trinajstić information content (AvgIpc) is 2.54. The number of hydrogen-bond acceptors (Lipinski definition) is 4. The third-order valence-corrected chi connectivity index (χ3v) is 4.02. The van der Waals surface area contributed by atoms with Crippen LogP contribution < -0.4 is 10.5 Å². The lowest BCUT2D eigenvalue weighted by Gasteiger charge is -2.41. The van der Waals surface area contributed by atoms with Gasteiger partial charge in [-0.3, -0.25) is 4.79 Å². The molecule has 1 heterocycles. The van der Waals surface area contributed by atoms with Crippen LogP contribution in [0.25, 0.3) is 0 Å². The van der Waals surface area contributed by atoms with Crippen LogP contribution in [0.3, 0.4) is 0 Å². The smallest absolute Gasteiger partial charge is 0.236 e. The first-order chi connectivity index (χ1) is 10.1. The minimum atomic E-state index is -0.450. The van der Waals surface area contributed by atoms with E-state index < -0.39 is 5.60 Å². The minimum absolute atomic E-state index is 0.0357. The van der Waals surface area contributed by atoms with E-state index in [-0.39, 0.29) is 12.5 Å². The summed E-state index contributed by atoms with van der Waals surface area (Å²) in [4.78, 5) is 13.6. The lowest BCUT2D eigenvalue weighted by molar-refractivity contribution is -0.141. The monoisotopic (exact) mass is 292 g/mol. The van der Waals surface area contributed by atoms with Crippen LogP contribution in [0.2, 0.25) is 0 Å². The van der Waals surface area contributed by atoms with Crippen molar-refractivity contribution < 1.29 is 14.3 Å². The molecule has 21 heavy (non-hydrogen) atoms.